The zero-order valence-corrected chi connectivity index (χ0v) is 8.90. The molecule has 13 heavy (non-hydrogen) atoms. The van der Waals surface area contributed by atoms with Crippen LogP contribution in [-0.4, -0.2) is 12.6 Å². The van der Waals surface area contributed by atoms with E-state index in [1.165, 1.54) is 32.1 Å². The summed E-state index contributed by atoms with van der Waals surface area (Å²) in [5.74, 6) is 6.87. The lowest BCUT2D eigenvalue weighted by Crippen LogP contribution is -2.34. The fourth-order valence-electron chi connectivity index (χ4n) is 2.10. The number of hydrogen-bond donors (Lipinski definition) is 1. The lowest BCUT2D eigenvalue weighted by Gasteiger charge is -2.27. The van der Waals surface area contributed by atoms with E-state index in [9.17, 15) is 0 Å². The lowest BCUT2D eigenvalue weighted by molar-refractivity contribution is 0.287. The van der Waals surface area contributed by atoms with E-state index in [2.05, 4.69) is 24.1 Å². The maximum absolute atomic E-state index is 3.48. The van der Waals surface area contributed by atoms with E-state index in [-0.39, 0.29) is 0 Å². The monoisotopic (exact) mass is 179 g/mol. The van der Waals surface area contributed by atoms with Crippen LogP contribution in [0.25, 0.3) is 0 Å². The SMILES string of the molecule is CC#CCN[C@H](C)C1CCCCC1. The Balaban J connectivity index is 2.19. The van der Waals surface area contributed by atoms with Crippen molar-refractivity contribution in [2.75, 3.05) is 6.54 Å². The van der Waals surface area contributed by atoms with Crippen molar-refractivity contribution < 1.29 is 0 Å². The molecule has 1 aliphatic rings. The molecule has 0 aromatic rings. The number of hydrogen-bond acceptors (Lipinski definition) is 1. The summed E-state index contributed by atoms with van der Waals surface area (Å²) < 4.78 is 0. The van der Waals surface area contributed by atoms with Gasteiger partial charge in [-0.15, -0.1) is 5.92 Å². The fourth-order valence-corrected chi connectivity index (χ4v) is 2.10. The predicted molar refractivity (Wildman–Crippen MR) is 57.5 cm³/mol. The van der Waals surface area contributed by atoms with E-state index in [0.29, 0.717) is 6.04 Å². The molecule has 1 fully saturated rings. The molecule has 0 spiro atoms. The van der Waals surface area contributed by atoms with Crippen molar-refractivity contribution in [1.82, 2.24) is 5.32 Å². The van der Waals surface area contributed by atoms with Gasteiger partial charge >= 0.3 is 0 Å². The molecule has 74 valence electrons. The van der Waals surface area contributed by atoms with Gasteiger partial charge in [0.15, 0.2) is 0 Å². The quantitative estimate of drug-likeness (QED) is 0.657. The second-order valence-electron chi connectivity index (χ2n) is 3.99. The maximum Gasteiger partial charge on any atom is 0.0578 e. The second-order valence-corrected chi connectivity index (χ2v) is 3.99. The summed E-state index contributed by atoms with van der Waals surface area (Å²) in [7, 11) is 0. The van der Waals surface area contributed by atoms with Crippen LogP contribution < -0.4 is 5.32 Å². The Morgan fingerprint density at radius 3 is 2.62 bits per heavy atom. The second kappa shape index (κ2) is 6.05. The van der Waals surface area contributed by atoms with Crippen molar-refractivity contribution >= 4 is 0 Å². The minimum atomic E-state index is 0.654. The van der Waals surface area contributed by atoms with Gasteiger partial charge in [0, 0.05) is 6.04 Å². The molecule has 0 bridgehead atoms. The number of rotatable bonds is 3. The topological polar surface area (TPSA) is 12.0 Å². The molecule has 0 aromatic carbocycles. The first-order chi connectivity index (χ1) is 6.34. The van der Waals surface area contributed by atoms with E-state index in [1.54, 1.807) is 0 Å². The van der Waals surface area contributed by atoms with Crippen LogP contribution in [0.4, 0.5) is 0 Å². The highest BCUT2D eigenvalue weighted by atomic mass is 14.9. The van der Waals surface area contributed by atoms with Crippen LogP contribution in [0.3, 0.4) is 0 Å². The van der Waals surface area contributed by atoms with Crippen molar-refractivity contribution in [2.24, 2.45) is 5.92 Å². The molecule has 1 N–H and O–H groups in total. The highest BCUT2D eigenvalue weighted by Gasteiger charge is 2.18. The standard InChI is InChI=1S/C12H21N/c1-3-4-10-13-11(2)12-8-6-5-7-9-12/h11-13H,5-10H2,1-2H3/t11-/m1/s1. The van der Waals surface area contributed by atoms with Crippen molar-refractivity contribution in [2.45, 2.75) is 52.0 Å². The average Bonchev–Trinajstić information content (AvgIpc) is 2.19. The Morgan fingerprint density at radius 2 is 2.00 bits per heavy atom. The zero-order chi connectivity index (χ0) is 9.52. The van der Waals surface area contributed by atoms with Crippen LogP contribution in [0.1, 0.15) is 46.0 Å². The molecule has 0 amide bonds. The molecular weight excluding hydrogens is 158 g/mol. The van der Waals surface area contributed by atoms with Gasteiger partial charge in [0.05, 0.1) is 6.54 Å². The van der Waals surface area contributed by atoms with E-state index in [1.807, 2.05) is 6.92 Å². The summed E-state index contributed by atoms with van der Waals surface area (Å²) >= 11 is 0. The summed E-state index contributed by atoms with van der Waals surface area (Å²) in [4.78, 5) is 0. The van der Waals surface area contributed by atoms with Crippen molar-refractivity contribution in [3.8, 4) is 11.8 Å². The molecule has 0 saturated heterocycles. The summed E-state index contributed by atoms with van der Waals surface area (Å²) in [6.45, 7) is 5.05. The fraction of sp³-hybridized carbons (Fsp3) is 0.833. The first-order valence-corrected chi connectivity index (χ1v) is 5.47. The number of nitrogens with one attached hydrogen (secondary N) is 1. The Labute approximate surface area is 82.3 Å². The molecule has 1 rings (SSSR count). The molecule has 0 aromatic heterocycles. The summed E-state index contributed by atoms with van der Waals surface area (Å²) in [5, 5.41) is 3.48. The van der Waals surface area contributed by atoms with E-state index in [0.717, 1.165) is 12.5 Å². The average molecular weight is 179 g/mol. The molecule has 1 saturated carbocycles. The van der Waals surface area contributed by atoms with Crippen LogP contribution in [0.15, 0.2) is 0 Å². The van der Waals surface area contributed by atoms with Gasteiger partial charge in [-0.1, -0.05) is 25.2 Å². The molecular formula is C12H21N. The van der Waals surface area contributed by atoms with Crippen molar-refractivity contribution in [1.29, 1.82) is 0 Å². The van der Waals surface area contributed by atoms with Gasteiger partial charge in [-0.3, -0.25) is 0 Å². The molecule has 1 heteroatoms. The van der Waals surface area contributed by atoms with Gasteiger partial charge < -0.3 is 5.32 Å². The van der Waals surface area contributed by atoms with Crippen LogP contribution in [0.2, 0.25) is 0 Å². The normalized spacial score (nSPS) is 20.5. The smallest absolute Gasteiger partial charge is 0.0578 e. The van der Waals surface area contributed by atoms with Gasteiger partial charge in [-0.25, -0.2) is 0 Å². The Bertz CT molecular complexity index is 181. The van der Waals surface area contributed by atoms with Gasteiger partial charge in [0.1, 0.15) is 0 Å². The van der Waals surface area contributed by atoms with E-state index < -0.39 is 0 Å². The first kappa shape index (κ1) is 10.6. The third-order valence-electron chi connectivity index (χ3n) is 3.05. The first-order valence-electron chi connectivity index (χ1n) is 5.47. The molecule has 0 radical (unpaired) electrons. The minimum absolute atomic E-state index is 0.654. The third-order valence-corrected chi connectivity index (χ3v) is 3.05. The highest BCUT2D eigenvalue weighted by molar-refractivity contribution is 4.97. The van der Waals surface area contributed by atoms with Crippen LogP contribution in [-0.2, 0) is 0 Å². The molecule has 0 heterocycles. The van der Waals surface area contributed by atoms with E-state index >= 15 is 0 Å². The molecule has 1 atom stereocenters. The van der Waals surface area contributed by atoms with Crippen LogP contribution in [0, 0.1) is 17.8 Å². The Kier molecular flexibility index (Phi) is 4.93. The highest BCUT2D eigenvalue weighted by Crippen LogP contribution is 2.25. The Morgan fingerprint density at radius 1 is 1.31 bits per heavy atom. The maximum atomic E-state index is 3.48. The van der Waals surface area contributed by atoms with Gasteiger partial charge in [-0.05, 0) is 32.6 Å². The largest absolute Gasteiger partial charge is 0.303 e. The minimum Gasteiger partial charge on any atom is -0.303 e. The molecule has 0 aliphatic heterocycles. The van der Waals surface area contributed by atoms with Crippen molar-refractivity contribution in [3.05, 3.63) is 0 Å². The lowest BCUT2D eigenvalue weighted by atomic mass is 9.84. The molecule has 1 aliphatic carbocycles. The van der Waals surface area contributed by atoms with E-state index in [4.69, 9.17) is 0 Å². The Hall–Kier alpha value is -0.480. The van der Waals surface area contributed by atoms with Crippen LogP contribution in [0.5, 0.6) is 0 Å². The summed E-state index contributed by atoms with van der Waals surface area (Å²) in [6.07, 6.45) is 7.12. The third kappa shape index (κ3) is 3.83. The van der Waals surface area contributed by atoms with Gasteiger partial charge in [0.25, 0.3) is 0 Å². The van der Waals surface area contributed by atoms with Gasteiger partial charge in [0.2, 0.25) is 0 Å². The van der Waals surface area contributed by atoms with Crippen molar-refractivity contribution in [3.63, 3.8) is 0 Å². The summed E-state index contributed by atoms with van der Waals surface area (Å²) in [6, 6.07) is 0.654. The zero-order valence-electron chi connectivity index (χ0n) is 8.90. The van der Waals surface area contributed by atoms with Crippen LogP contribution >= 0.6 is 0 Å². The molecule has 1 nitrogen and oxygen atoms in total. The summed E-state index contributed by atoms with van der Waals surface area (Å²) in [5.41, 5.74) is 0. The van der Waals surface area contributed by atoms with Gasteiger partial charge in [-0.2, -0.15) is 0 Å². The predicted octanol–water partition coefficient (Wildman–Crippen LogP) is 2.57. The molecule has 0 unspecified atom stereocenters.